The monoisotopic (exact) mass is 447 g/mol. The van der Waals surface area contributed by atoms with Gasteiger partial charge in [0.05, 0.1) is 12.2 Å². The molecule has 174 valence electrons. The summed E-state index contributed by atoms with van der Waals surface area (Å²) in [5.41, 5.74) is 3.62. The lowest BCUT2D eigenvalue weighted by Crippen LogP contribution is -2.38. The van der Waals surface area contributed by atoms with E-state index in [1.165, 1.54) is 0 Å². The van der Waals surface area contributed by atoms with Gasteiger partial charge in [0.15, 0.2) is 5.78 Å². The van der Waals surface area contributed by atoms with Crippen LogP contribution in [0.4, 0.5) is 0 Å². The smallest absolute Gasteiger partial charge is 0.225 e. The molecular weight excluding hydrogens is 414 g/mol. The maximum Gasteiger partial charge on any atom is 0.225 e. The topological polar surface area (TPSA) is 64.6 Å². The van der Waals surface area contributed by atoms with Crippen molar-refractivity contribution in [3.05, 3.63) is 70.9 Å². The number of ether oxygens (including phenoxy) is 2. The van der Waals surface area contributed by atoms with Crippen LogP contribution in [0.25, 0.3) is 0 Å². The lowest BCUT2D eigenvalue weighted by Gasteiger charge is -2.34. The largest absolute Gasteiger partial charge is 0.491 e. The van der Waals surface area contributed by atoms with Gasteiger partial charge < -0.3 is 14.8 Å². The van der Waals surface area contributed by atoms with E-state index in [4.69, 9.17) is 9.47 Å². The molecule has 1 aliphatic heterocycles. The van der Waals surface area contributed by atoms with Crippen LogP contribution in [0.5, 0.6) is 11.5 Å². The third-order valence-corrected chi connectivity index (χ3v) is 6.45. The van der Waals surface area contributed by atoms with Crippen molar-refractivity contribution in [1.82, 2.24) is 5.32 Å². The van der Waals surface area contributed by atoms with Crippen LogP contribution in [0.1, 0.15) is 76.3 Å². The average Bonchev–Trinajstić information content (AvgIpc) is 2.78. The summed E-state index contributed by atoms with van der Waals surface area (Å²) in [6.45, 7) is 8.12. The van der Waals surface area contributed by atoms with Crippen LogP contribution in [0, 0.1) is 0 Å². The predicted octanol–water partition coefficient (Wildman–Crippen LogP) is 5.66. The summed E-state index contributed by atoms with van der Waals surface area (Å²) in [4.78, 5) is 25.9. The molecular formula is C28H33NO4. The van der Waals surface area contributed by atoms with Crippen molar-refractivity contribution in [3.63, 3.8) is 0 Å². The van der Waals surface area contributed by atoms with Gasteiger partial charge >= 0.3 is 0 Å². The fraction of sp³-hybridized carbons (Fsp3) is 0.429. The summed E-state index contributed by atoms with van der Waals surface area (Å²) in [7, 11) is 0. The van der Waals surface area contributed by atoms with Crippen molar-refractivity contribution in [3.8, 4) is 11.5 Å². The standard InChI is InChI=1S/C28H33NO4/c1-5-18(4)33-23-12-8-20(9-13-23)24-16-27(31)29-25-14-21(15-26(30)28(24)25)19-6-10-22(11-7-19)32-17(2)3/h6-13,17-18,21,24H,5,14-16H2,1-4H3,(H,29,31). The zero-order chi connectivity index (χ0) is 23.5. The molecule has 0 radical (unpaired) electrons. The second-order valence-electron chi connectivity index (χ2n) is 9.37. The molecule has 5 heteroatoms. The van der Waals surface area contributed by atoms with E-state index in [1.54, 1.807) is 0 Å². The van der Waals surface area contributed by atoms with Crippen LogP contribution < -0.4 is 14.8 Å². The van der Waals surface area contributed by atoms with Crippen LogP contribution in [0.15, 0.2) is 59.8 Å². The van der Waals surface area contributed by atoms with Crippen LogP contribution in [0.3, 0.4) is 0 Å². The van der Waals surface area contributed by atoms with Gasteiger partial charge in [-0.25, -0.2) is 0 Å². The molecule has 33 heavy (non-hydrogen) atoms. The number of benzene rings is 2. The highest BCUT2D eigenvalue weighted by Crippen LogP contribution is 2.43. The SMILES string of the molecule is CCC(C)Oc1ccc(C2CC(=O)NC3=C2C(=O)CC(c2ccc(OC(C)C)cc2)C3)cc1. The van der Waals surface area contributed by atoms with Gasteiger partial charge in [-0.2, -0.15) is 0 Å². The minimum absolute atomic E-state index is 0.0344. The number of nitrogens with one attached hydrogen (secondary N) is 1. The second kappa shape index (κ2) is 9.82. The lowest BCUT2D eigenvalue weighted by molar-refractivity contribution is -0.122. The molecule has 0 aromatic heterocycles. The fourth-order valence-corrected chi connectivity index (χ4v) is 4.67. The number of allylic oxidation sites excluding steroid dienone is 2. The molecule has 1 amide bonds. The van der Waals surface area contributed by atoms with Gasteiger partial charge in [-0.05, 0) is 74.9 Å². The Morgan fingerprint density at radius 3 is 2.06 bits per heavy atom. The van der Waals surface area contributed by atoms with E-state index < -0.39 is 0 Å². The van der Waals surface area contributed by atoms with Crippen LogP contribution >= 0.6 is 0 Å². The lowest BCUT2D eigenvalue weighted by atomic mass is 9.73. The van der Waals surface area contributed by atoms with Crippen LogP contribution in [-0.2, 0) is 9.59 Å². The molecule has 4 rings (SSSR count). The van der Waals surface area contributed by atoms with Gasteiger partial charge in [0, 0.05) is 30.0 Å². The summed E-state index contributed by atoms with van der Waals surface area (Å²) < 4.78 is 11.6. The van der Waals surface area contributed by atoms with E-state index >= 15 is 0 Å². The summed E-state index contributed by atoms with van der Waals surface area (Å²) in [6.07, 6.45) is 2.60. The number of carbonyl (C=O) groups is 2. The molecule has 0 fully saturated rings. The van der Waals surface area contributed by atoms with E-state index in [9.17, 15) is 9.59 Å². The average molecular weight is 448 g/mol. The quantitative estimate of drug-likeness (QED) is 0.595. The summed E-state index contributed by atoms with van der Waals surface area (Å²) in [6, 6.07) is 15.8. The van der Waals surface area contributed by atoms with Crippen molar-refractivity contribution in [2.45, 2.75) is 77.4 Å². The Morgan fingerprint density at radius 1 is 0.848 bits per heavy atom. The maximum absolute atomic E-state index is 13.3. The second-order valence-corrected chi connectivity index (χ2v) is 9.37. The first-order chi connectivity index (χ1) is 15.8. The first-order valence-electron chi connectivity index (χ1n) is 11.9. The molecule has 0 bridgehead atoms. The van der Waals surface area contributed by atoms with Crippen molar-refractivity contribution in [2.75, 3.05) is 0 Å². The zero-order valence-corrected chi connectivity index (χ0v) is 19.9. The molecule has 3 atom stereocenters. The number of hydrogen-bond donors (Lipinski definition) is 1. The third-order valence-electron chi connectivity index (χ3n) is 6.45. The highest BCUT2D eigenvalue weighted by Gasteiger charge is 2.38. The van der Waals surface area contributed by atoms with Crippen molar-refractivity contribution in [2.24, 2.45) is 0 Å². The highest BCUT2D eigenvalue weighted by molar-refractivity contribution is 6.02. The molecule has 5 nitrogen and oxygen atoms in total. The van der Waals surface area contributed by atoms with Crippen molar-refractivity contribution >= 4 is 11.7 Å². The van der Waals surface area contributed by atoms with E-state index in [1.807, 2.05) is 69.3 Å². The minimum atomic E-state index is -0.207. The molecule has 2 aromatic rings. The summed E-state index contributed by atoms with van der Waals surface area (Å²) in [5.74, 6) is 1.56. The van der Waals surface area contributed by atoms with Crippen molar-refractivity contribution in [1.29, 1.82) is 0 Å². The van der Waals surface area contributed by atoms with E-state index in [0.717, 1.165) is 40.3 Å². The molecule has 3 unspecified atom stereocenters. The van der Waals surface area contributed by atoms with Gasteiger partial charge in [-0.3, -0.25) is 9.59 Å². The maximum atomic E-state index is 13.3. The minimum Gasteiger partial charge on any atom is -0.491 e. The molecule has 2 aliphatic rings. The van der Waals surface area contributed by atoms with E-state index in [2.05, 4.69) is 12.2 Å². The predicted molar refractivity (Wildman–Crippen MR) is 129 cm³/mol. The Balaban J connectivity index is 1.56. The van der Waals surface area contributed by atoms with Crippen LogP contribution in [0.2, 0.25) is 0 Å². The first kappa shape index (κ1) is 23.1. The Bertz CT molecular complexity index is 1040. The van der Waals surface area contributed by atoms with Gasteiger partial charge in [0.2, 0.25) is 5.91 Å². The molecule has 1 aliphatic carbocycles. The molecule has 1 heterocycles. The third kappa shape index (κ3) is 5.29. The number of rotatable bonds is 7. The molecule has 2 aromatic carbocycles. The highest BCUT2D eigenvalue weighted by atomic mass is 16.5. The first-order valence-corrected chi connectivity index (χ1v) is 11.9. The number of ketones is 1. The zero-order valence-electron chi connectivity index (χ0n) is 19.9. The Labute approximate surface area is 196 Å². The molecule has 0 saturated heterocycles. The number of Topliss-reactive ketones (excluding diaryl/α,β-unsaturated/α-hetero) is 1. The van der Waals surface area contributed by atoms with Crippen molar-refractivity contribution < 1.29 is 19.1 Å². The summed E-state index contributed by atoms with van der Waals surface area (Å²) in [5, 5.41) is 3.00. The summed E-state index contributed by atoms with van der Waals surface area (Å²) >= 11 is 0. The fourth-order valence-electron chi connectivity index (χ4n) is 4.67. The van der Waals surface area contributed by atoms with Gasteiger partial charge in [-0.15, -0.1) is 0 Å². The van der Waals surface area contributed by atoms with Gasteiger partial charge in [-0.1, -0.05) is 31.2 Å². The van der Waals surface area contributed by atoms with Crippen LogP contribution in [-0.4, -0.2) is 23.9 Å². The van der Waals surface area contributed by atoms with Gasteiger partial charge in [0.25, 0.3) is 0 Å². The Morgan fingerprint density at radius 2 is 1.45 bits per heavy atom. The number of amides is 1. The van der Waals surface area contributed by atoms with E-state index in [-0.39, 0.29) is 35.7 Å². The molecule has 0 spiro atoms. The molecule has 0 saturated carbocycles. The Hall–Kier alpha value is -3.08. The normalized spacial score (nSPS) is 21.5. The number of carbonyl (C=O) groups excluding carboxylic acids is 2. The number of hydrogen-bond acceptors (Lipinski definition) is 4. The van der Waals surface area contributed by atoms with Gasteiger partial charge in [0.1, 0.15) is 11.5 Å². The van der Waals surface area contributed by atoms with E-state index in [0.29, 0.717) is 19.3 Å². The Kier molecular flexibility index (Phi) is 6.87. The molecule has 1 N–H and O–H groups in total.